The van der Waals surface area contributed by atoms with Crippen molar-refractivity contribution >= 4 is 28.1 Å². The molecule has 0 spiro atoms. The fourth-order valence-corrected chi connectivity index (χ4v) is 3.50. The van der Waals surface area contributed by atoms with Crippen LogP contribution in [0, 0.1) is 0 Å². The fourth-order valence-electron chi connectivity index (χ4n) is 2.13. The Labute approximate surface area is 109 Å². The van der Waals surface area contributed by atoms with Crippen molar-refractivity contribution in [2.75, 3.05) is 36.0 Å². The van der Waals surface area contributed by atoms with Crippen LogP contribution in [0.25, 0.3) is 0 Å². The molecule has 17 heavy (non-hydrogen) atoms. The molecule has 1 aromatic rings. The molecule has 1 aliphatic rings. The van der Waals surface area contributed by atoms with Gasteiger partial charge in [-0.1, -0.05) is 23.7 Å². The number of hydrogen-bond donors (Lipinski definition) is 1. The van der Waals surface area contributed by atoms with Crippen LogP contribution in [-0.2, 0) is 17.2 Å². The zero-order valence-corrected chi connectivity index (χ0v) is 11.3. The molecule has 1 saturated heterocycles. The Kier molecular flexibility index (Phi) is 4.42. The van der Waals surface area contributed by atoms with Crippen LogP contribution in [0.15, 0.2) is 18.2 Å². The summed E-state index contributed by atoms with van der Waals surface area (Å²) in [5.74, 6) is 1.46. The first-order valence-corrected chi connectivity index (χ1v) is 7.66. The Balaban J connectivity index is 2.26. The molecule has 1 fully saturated rings. The van der Waals surface area contributed by atoms with E-state index in [9.17, 15) is 4.21 Å². The molecule has 2 rings (SSSR count). The summed E-state index contributed by atoms with van der Waals surface area (Å²) in [4.78, 5) is 2.23. The Hall–Kier alpha value is -0.580. The summed E-state index contributed by atoms with van der Waals surface area (Å²) >= 11 is 6.28. The Morgan fingerprint density at radius 1 is 1.35 bits per heavy atom. The molecule has 0 aliphatic carbocycles. The van der Waals surface area contributed by atoms with E-state index in [-0.39, 0.29) is 0 Å². The van der Waals surface area contributed by atoms with Crippen molar-refractivity contribution < 1.29 is 4.21 Å². The summed E-state index contributed by atoms with van der Waals surface area (Å²) in [6.45, 7) is 2.24. The van der Waals surface area contributed by atoms with E-state index in [2.05, 4.69) is 11.0 Å². The van der Waals surface area contributed by atoms with Crippen molar-refractivity contribution in [1.82, 2.24) is 0 Å². The standard InChI is InChI=1S/C12H17ClN2OS/c13-11-3-1-2-10(4-5-14)12(11)15-6-8-17(16)9-7-15/h1-3H,4-9,14H2. The molecule has 5 heteroatoms. The lowest BCUT2D eigenvalue weighted by molar-refractivity contribution is 0.673. The lowest BCUT2D eigenvalue weighted by atomic mass is 10.1. The number of para-hydroxylation sites is 1. The third-order valence-electron chi connectivity index (χ3n) is 2.98. The maximum atomic E-state index is 11.4. The molecule has 0 unspecified atom stereocenters. The summed E-state index contributed by atoms with van der Waals surface area (Å²) in [5, 5.41) is 0.767. The molecule has 2 N–H and O–H groups in total. The minimum Gasteiger partial charge on any atom is -0.368 e. The lowest BCUT2D eigenvalue weighted by Gasteiger charge is -2.31. The molecule has 0 radical (unpaired) electrons. The number of hydrogen-bond acceptors (Lipinski definition) is 3. The van der Waals surface area contributed by atoms with Crippen molar-refractivity contribution in [3.63, 3.8) is 0 Å². The molecule has 1 aliphatic heterocycles. The monoisotopic (exact) mass is 272 g/mol. The molecule has 1 aromatic carbocycles. The molecule has 0 amide bonds. The van der Waals surface area contributed by atoms with Crippen molar-refractivity contribution in [1.29, 1.82) is 0 Å². The van der Waals surface area contributed by atoms with Crippen molar-refractivity contribution in [2.45, 2.75) is 6.42 Å². The van der Waals surface area contributed by atoms with Gasteiger partial charge in [-0.2, -0.15) is 0 Å². The van der Waals surface area contributed by atoms with E-state index in [1.165, 1.54) is 5.56 Å². The van der Waals surface area contributed by atoms with Gasteiger partial charge < -0.3 is 10.6 Å². The number of nitrogens with two attached hydrogens (primary N) is 1. The summed E-state index contributed by atoms with van der Waals surface area (Å²) in [6, 6.07) is 5.93. The molecular formula is C12H17ClN2OS. The van der Waals surface area contributed by atoms with Gasteiger partial charge in [0.15, 0.2) is 0 Å². The van der Waals surface area contributed by atoms with Crippen LogP contribution in [0.2, 0.25) is 5.02 Å². The van der Waals surface area contributed by atoms with Gasteiger partial charge in [0.1, 0.15) is 0 Å². The zero-order chi connectivity index (χ0) is 12.3. The predicted octanol–water partition coefficient (Wildman–Crippen LogP) is 1.41. The van der Waals surface area contributed by atoms with Gasteiger partial charge in [0, 0.05) is 35.4 Å². The first kappa shape index (κ1) is 12.9. The van der Waals surface area contributed by atoms with E-state index in [1.807, 2.05) is 12.1 Å². The minimum absolute atomic E-state index is 0.618. The second-order valence-electron chi connectivity index (χ2n) is 4.12. The first-order chi connectivity index (χ1) is 8.22. The van der Waals surface area contributed by atoms with Gasteiger partial charge >= 0.3 is 0 Å². The van der Waals surface area contributed by atoms with Crippen LogP contribution < -0.4 is 10.6 Å². The average Bonchev–Trinajstić information content (AvgIpc) is 2.32. The maximum absolute atomic E-state index is 11.4. The van der Waals surface area contributed by atoms with Crippen LogP contribution in [0.1, 0.15) is 5.56 Å². The Bertz CT molecular complexity index is 415. The van der Waals surface area contributed by atoms with Gasteiger partial charge in [0.05, 0.1) is 10.7 Å². The highest BCUT2D eigenvalue weighted by atomic mass is 35.5. The molecule has 1 heterocycles. The van der Waals surface area contributed by atoms with Gasteiger partial charge in [0.2, 0.25) is 0 Å². The highest BCUT2D eigenvalue weighted by molar-refractivity contribution is 7.85. The van der Waals surface area contributed by atoms with E-state index in [4.69, 9.17) is 17.3 Å². The van der Waals surface area contributed by atoms with Crippen molar-refractivity contribution in [3.05, 3.63) is 28.8 Å². The quantitative estimate of drug-likeness (QED) is 0.905. The molecule has 0 atom stereocenters. The second-order valence-corrected chi connectivity index (χ2v) is 6.22. The second kappa shape index (κ2) is 5.85. The summed E-state index contributed by atoms with van der Waals surface area (Å²) in [6.07, 6.45) is 0.829. The minimum atomic E-state index is -0.661. The number of benzene rings is 1. The van der Waals surface area contributed by atoms with Crippen LogP contribution >= 0.6 is 11.6 Å². The third-order valence-corrected chi connectivity index (χ3v) is 4.56. The zero-order valence-electron chi connectivity index (χ0n) is 9.69. The van der Waals surface area contributed by atoms with Gasteiger partial charge in [-0.15, -0.1) is 0 Å². The van der Waals surface area contributed by atoms with Gasteiger partial charge in [-0.3, -0.25) is 4.21 Å². The Morgan fingerprint density at radius 2 is 2.06 bits per heavy atom. The van der Waals surface area contributed by atoms with E-state index >= 15 is 0 Å². The number of halogens is 1. The highest BCUT2D eigenvalue weighted by Crippen LogP contribution is 2.30. The highest BCUT2D eigenvalue weighted by Gasteiger charge is 2.19. The largest absolute Gasteiger partial charge is 0.368 e. The molecule has 94 valence electrons. The fraction of sp³-hybridized carbons (Fsp3) is 0.500. The summed E-state index contributed by atoms with van der Waals surface area (Å²) in [7, 11) is -0.661. The van der Waals surface area contributed by atoms with E-state index in [1.54, 1.807) is 0 Å². The topological polar surface area (TPSA) is 46.3 Å². The van der Waals surface area contributed by atoms with Gasteiger partial charge in [-0.05, 0) is 24.6 Å². The van der Waals surface area contributed by atoms with Crippen LogP contribution in [0.5, 0.6) is 0 Å². The lowest BCUT2D eigenvalue weighted by Crippen LogP contribution is -2.38. The first-order valence-electron chi connectivity index (χ1n) is 5.79. The smallest absolute Gasteiger partial charge is 0.0642 e. The summed E-state index contributed by atoms with van der Waals surface area (Å²) < 4.78 is 11.4. The third kappa shape index (κ3) is 3.00. The predicted molar refractivity (Wildman–Crippen MR) is 74.3 cm³/mol. The van der Waals surface area contributed by atoms with E-state index in [0.29, 0.717) is 6.54 Å². The molecule has 3 nitrogen and oxygen atoms in total. The van der Waals surface area contributed by atoms with Crippen LogP contribution in [0.4, 0.5) is 5.69 Å². The SMILES string of the molecule is NCCc1cccc(Cl)c1N1CCS(=O)CC1. The molecular weight excluding hydrogens is 256 g/mol. The number of anilines is 1. The number of rotatable bonds is 3. The van der Waals surface area contributed by atoms with Crippen LogP contribution in [0.3, 0.4) is 0 Å². The average molecular weight is 273 g/mol. The van der Waals surface area contributed by atoms with Gasteiger partial charge in [-0.25, -0.2) is 0 Å². The molecule has 0 aromatic heterocycles. The van der Waals surface area contributed by atoms with E-state index in [0.717, 1.165) is 41.7 Å². The Morgan fingerprint density at radius 3 is 2.71 bits per heavy atom. The normalized spacial score (nSPS) is 17.4. The van der Waals surface area contributed by atoms with E-state index < -0.39 is 10.8 Å². The van der Waals surface area contributed by atoms with Crippen molar-refractivity contribution in [3.8, 4) is 0 Å². The molecule has 0 saturated carbocycles. The molecule has 0 bridgehead atoms. The maximum Gasteiger partial charge on any atom is 0.0642 e. The summed E-state index contributed by atoms with van der Waals surface area (Å²) in [5.41, 5.74) is 7.89. The van der Waals surface area contributed by atoms with Crippen LogP contribution in [-0.4, -0.2) is 35.3 Å². The van der Waals surface area contributed by atoms with Crippen molar-refractivity contribution in [2.24, 2.45) is 5.73 Å². The number of nitrogens with zero attached hydrogens (tertiary/aromatic N) is 1. The van der Waals surface area contributed by atoms with Gasteiger partial charge in [0.25, 0.3) is 0 Å².